The quantitative estimate of drug-likeness (QED) is 0.326. The Hall–Kier alpha value is 0.440. The summed E-state index contributed by atoms with van der Waals surface area (Å²) in [6, 6.07) is 17.5. The summed E-state index contributed by atoms with van der Waals surface area (Å²) in [5.74, 6) is 0. The third-order valence-electron chi connectivity index (χ3n) is 6.34. The molecule has 1 fully saturated rings. The van der Waals surface area contributed by atoms with Gasteiger partial charge in [0, 0.05) is 51.5 Å². The van der Waals surface area contributed by atoms with Crippen LogP contribution in [0.15, 0.2) is 48.5 Å². The summed E-state index contributed by atoms with van der Waals surface area (Å²) in [7, 11) is 0. The predicted molar refractivity (Wildman–Crippen MR) is 180 cm³/mol. The van der Waals surface area contributed by atoms with E-state index in [9.17, 15) is 0 Å². The van der Waals surface area contributed by atoms with Crippen LogP contribution in [-0.2, 0) is 13.1 Å². The normalized spacial score (nSPS) is 19.5. The molecule has 6 nitrogen and oxygen atoms in total. The van der Waals surface area contributed by atoms with Gasteiger partial charge in [0.1, 0.15) is 0 Å². The van der Waals surface area contributed by atoms with Crippen LogP contribution in [0, 0.1) is 0 Å². The third kappa shape index (κ3) is 11.7. The molecule has 1 atom stereocenters. The molecular formula is C25H43Br5N6. The van der Waals surface area contributed by atoms with Gasteiger partial charge in [0.25, 0.3) is 0 Å². The largest absolute Gasteiger partial charge is 0.398 e. The Labute approximate surface area is 269 Å². The molecule has 5 N–H and O–H groups in total. The Morgan fingerprint density at radius 3 is 1.97 bits per heavy atom. The van der Waals surface area contributed by atoms with Crippen LogP contribution in [0.25, 0.3) is 0 Å². The van der Waals surface area contributed by atoms with Crippen LogP contribution in [0.5, 0.6) is 0 Å². The second kappa shape index (κ2) is 21.3. The zero-order valence-electron chi connectivity index (χ0n) is 20.7. The lowest BCUT2D eigenvalue weighted by Gasteiger charge is -2.39. The molecule has 5 rings (SSSR count). The third-order valence-corrected chi connectivity index (χ3v) is 6.34. The average molecular weight is 827 g/mol. The zero-order valence-corrected chi connectivity index (χ0v) is 29.3. The van der Waals surface area contributed by atoms with Crippen LogP contribution in [0.4, 0.5) is 5.69 Å². The summed E-state index contributed by atoms with van der Waals surface area (Å²) >= 11 is 0. The van der Waals surface area contributed by atoms with E-state index >= 15 is 0 Å². The summed E-state index contributed by atoms with van der Waals surface area (Å²) in [6.45, 7) is 10.2. The number of benzene rings is 2. The van der Waals surface area contributed by atoms with Crippen molar-refractivity contribution in [1.29, 1.82) is 0 Å². The molecule has 1 saturated heterocycles. The number of fused-ring (bicyclic) bond motifs is 4. The summed E-state index contributed by atoms with van der Waals surface area (Å²) in [6.07, 6.45) is 2.59. The van der Waals surface area contributed by atoms with Crippen molar-refractivity contribution in [2.24, 2.45) is 0 Å². The smallest absolute Gasteiger partial charge is 0.0892 e. The first-order valence-corrected chi connectivity index (χ1v) is 11.8. The minimum atomic E-state index is 0. The second-order valence-corrected chi connectivity index (χ2v) is 8.71. The lowest BCUT2D eigenvalue weighted by Crippen LogP contribution is -2.44. The van der Waals surface area contributed by atoms with Crippen molar-refractivity contribution >= 4 is 90.6 Å². The fraction of sp³-hybridized carbons (Fsp3) is 0.520. The highest BCUT2D eigenvalue weighted by Crippen LogP contribution is 2.33. The Morgan fingerprint density at radius 2 is 1.31 bits per heavy atom. The first kappa shape index (κ1) is 38.6. The molecule has 0 spiro atoms. The molecule has 2 bridgehead atoms. The van der Waals surface area contributed by atoms with Gasteiger partial charge in [-0.3, -0.25) is 9.80 Å². The van der Waals surface area contributed by atoms with Gasteiger partial charge in [-0.25, -0.2) is 0 Å². The molecule has 0 aliphatic carbocycles. The predicted octanol–water partition coefficient (Wildman–Crippen LogP) is 5.04. The van der Waals surface area contributed by atoms with Gasteiger partial charge in [-0.1, -0.05) is 42.5 Å². The molecule has 36 heavy (non-hydrogen) atoms. The topological polar surface area (TPSA) is 68.6 Å². The fourth-order valence-corrected chi connectivity index (χ4v) is 4.68. The van der Waals surface area contributed by atoms with Crippen LogP contribution in [0.3, 0.4) is 0 Å². The van der Waals surface area contributed by atoms with E-state index in [1.807, 2.05) is 12.1 Å². The highest BCUT2D eigenvalue weighted by molar-refractivity contribution is 8.93. The minimum Gasteiger partial charge on any atom is -0.398 e. The van der Waals surface area contributed by atoms with Crippen LogP contribution in [-0.4, -0.2) is 62.2 Å². The van der Waals surface area contributed by atoms with Crippen molar-refractivity contribution < 1.29 is 0 Å². The van der Waals surface area contributed by atoms with Crippen LogP contribution < -0.4 is 21.7 Å². The van der Waals surface area contributed by atoms with Crippen molar-refractivity contribution in [3.63, 3.8) is 0 Å². The molecular weight excluding hydrogens is 784 g/mol. The maximum atomic E-state index is 6.32. The monoisotopic (exact) mass is 822 g/mol. The van der Waals surface area contributed by atoms with Gasteiger partial charge in [0.2, 0.25) is 0 Å². The van der Waals surface area contributed by atoms with E-state index in [1.165, 1.54) is 23.1 Å². The van der Waals surface area contributed by atoms with Crippen LogP contribution in [0.1, 0.15) is 35.7 Å². The molecule has 3 aliphatic heterocycles. The number of para-hydroxylation sites is 1. The van der Waals surface area contributed by atoms with Crippen LogP contribution in [0.2, 0.25) is 0 Å². The van der Waals surface area contributed by atoms with Gasteiger partial charge in [0.05, 0.1) is 6.17 Å². The number of rotatable bonds is 3. The van der Waals surface area contributed by atoms with E-state index in [0.29, 0.717) is 0 Å². The van der Waals surface area contributed by atoms with Crippen molar-refractivity contribution in [2.75, 3.05) is 58.1 Å². The molecule has 0 radical (unpaired) electrons. The molecule has 0 aromatic heterocycles. The number of hydrogen-bond donors (Lipinski definition) is 4. The molecule has 2 aromatic carbocycles. The number of nitrogens with one attached hydrogen (secondary N) is 3. The van der Waals surface area contributed by atoms with E-state index in [0.717, 1.165) is 77.6 Å². The van der Waals surface area contributed by atoms with Crippen molar-refractivity contribution in [2.45, 2.75) is 32.1 Å². The van der Waals surface area contributed by atoms with Crippen molar-refractivity contribution in [1.82, 2.24) is 25.8 Å². The summed E-state index contributed by atoms with van der Waals surface area (Å²) in [5, 5.41) is 10.8. The fourth-order valence-electron chi connectivity index (χ4n) is 4.68. The second-order valence-electron chi connectivity index (χ2n) is 8.71. The van der Waals surface area contributed by atoms with E-state index in [4.69, 9.17) is 5.73 Å². The van der Waals surface area contributed by atoms with Gasteiger partial charge in [-0.15, -0.1) is 84.9 Å². The van der Waals surface area contributed by atoms with Gasteiger partial charge >= 0.3 is 0 Å². The molecule has 3 aliphatic rings. The zero-order chi connectivity index (χ0) is 21.3. The van der Waals surface area contributed by atoms with E-state index in [-0.39, 0.29) is 91.1 Å². The van der Waals surface area contributed by atoms with E-state index in [1.54, 1.807) is 0 Å². The number of nitrogen functional groups attached to an aromatic ring is 1. The molecule has 208 valence electrons. The maximum Gasteiger partial charge on any atom is 0.0892 e. The molecule has 2 aromatic rings. The number of anilines is 1. The lowest BCUT2D eigenvalue weighted by molar-refractivity contribution is 0.0302. The van der Waals surface area contributed by atoms with Gasteiger partial charge < -0.3 is 21.7 Å². The molecule has 3 heterocycles. The van der Waals surface area contributed by atoms with Gasteiger partial charge in [0.15, 0.2) is 0 Å². The highest BCUT2D eigenvalue weighted by atomic mass is 79.9. The Bertz CT molecular complexity index is 800. The first-order valence-electron chi connectivity index (χ1n) is 11.8. The average Bonchev–Trinajstić information content (AvgIpc) is 3.06. The number of hydrogen-bond acceptors (Lipinski definition) is 6. The number of halogens is 5. The molecule has 11 heteroatoms. The van der Waals surface area contributed by atoms with Gasteiger partial charge in [-0.05, 0) is 55.2 Å². The van der Waals surface area contributed by atoms with Crippen LogP contribution >= 0.6 is 84.9 Å². The summed E-state index contributed by atoms with van der Waals surface area (Å²) in [4.78, 5) is 5.26. The Kier molecular flexibility index (Phi) is 22.8. The lowest BCUT2D eigenvalue weighted by atomic mass is 10.1. The van der Waals surface area contributed by atoms with E-state index in [2.05, 4.69) is 62.1 Å². The summed E-state index contributed by atoms with van der Waals surface area (Å²) < 4.78 is 0. The standard InChI is InChI=1S/C25H38N6.5BrH/c26-24-6-2-1-5-23(24)20-31-19-21-7-9-22(10-8-21)25(31)30-17-4-13-28-15-14-27-11-3-12-29-16-18-30;;;;;/h1-2,5-10,25,27-29H,3-4,11-20,26H2;5*1H. The molecule has 1 unspecified atom stereocenters. The van der Waals surface area contributed by atoms with E-state index < -0.39 is 0 Å². The SMILES string of the molecule is Br.Br.Br.Br.Br.Nc1ccccc1CN1Cc2ccc(cc2)C1N1CCCNCCNCCCNCC1. The Morgan fingerprint density at radius 1 is 0.694 bits per heavy atom. The number of nitrogens with two attached hydrogens (primary N) is 1. The molecule has 0 saturated carbocycles. The van der Waals surface area contributed by atoms with Crippen molar-refractivity contribution in [3.05, 3.63) is 65.2 Å². The molecule has 0 amide bonds. The number of nitrogens with zero attached hydrogens (tertiary/aromatic N) is 2. The summed E-state index contributed by atoms with van der Waals surface area (Å²) in [5.41, 5.74) is 11.2. The van der Waals surface area contributed by atoms with Gasteiger partial charge in [-0.2, -0.15) is 0 Å². The van der Waals surface area contributed by atoms with Crippen molar-refractivity contribution in [3.8, 4) is 0 Å². The maximum absolute atomic E-state index is 6.32. The minimum absolute atomic E-state index is 0. The highest BCUT2D eigenvalue weighted by Gasteiger charge is 2.29. The first-order chi connectivity index (χ1) is 15.3. The Balaban J connectivity index is 0.